The molecule has 0 bridgehead atoms. The van der Waals surface area contributed by atoms with E-state index in [2.05, 4.69) is 5.32 Å². The van der Waals surface area contributed by atoms with Crippen LogP contribution in [0.25, 0.3) is 0 Å². The van der Waals surface area contributed by atoms with Crippen LogP contribution in [-0.4, -0.2) is 24.3 Å². The topological polar surface area (TPSA) is 32.3 Å². The highest BCUT2D eigenvalue weighted by molar-refractivity contribution is 5.18. The lowest BCUT2D eigenvalue weighted by molar-refractivity contribution is 0.0816. The Morgan fingerprint density at radius 3 is 2.93 bits per heavy atom. The summed E-state index contributed by atoms with van der Waals surface area (Å²) in [6, 6.07) is 6.80. The first-order chi connectivity index (χ1) is 7.27. The number of hydrogen-bond donors (Lipinski definition) is 2. The molecule has 0 radical (unpaired) electrons. The Hall–Kier alpha value is -0.930. The third-order valence-corrected chi connectivity index (χ3v) is 3.03. The van der Waals surface area contributed by atoms with Crippen molar-refractivity contribution in [2.75, 3.05) is 13.1 Å². The molecule has 0 saturated carbocycles. The Morgan fingerprint density at radius 2 is 2.20 bits per heavy atom. The Kier molecular flexibility index (Phi) is 3.34. The van der Waals surface area contributed by atoms with E-state index in [1.165, 1.54) is 6.07 Å². The van der Waals surface area contributed by atoms with Gasteiger partial charge in [0.2, 0.25) is 0 Å². The monoisotopic (exact) mass is 209 g/mol. The fourth-order valence-electron chi connectivity index (χ4n) is 2.08. The fraction of sp³-hybridized carbons (Fsp3) is 0.500. The largest absolute Gasteiger partial charge is 0.392 e. The standard InChI is InChI=1S/C12H16FNO/c13-11-4-2-1-3-9(11)7-10-5-6-14-8-12(10)15/h1-4,10,12,14-15H,5-8H2. The number of aliphatic hydroxyl groups excluding tert-OH is 1. The fourth-order valence-corrected chi connectivity index (χ4v) is 2.08. The van der Waals surface area contributed by atoms with E-state index in [1.54, 1.807) is 12.1 Å². The summed E-state index contributed by atoms with van der Waals surface area (Å²) in [6.07, 6.45) is 1.20. The smallest absolute Gasteiger partial charge is 0.126 e. The van der Waals surface area contributed by atoms with Gasteiger partial charge in [0, 0.05) is 6.54 Å². The molecule has 2 nitrogen and oxygen atoms in total. The summed E-state index contributed by atoms with van der Waals surface area (Å²) in [4.78, 5) is 0. The van der Waals surface area contributed by atoms with Crippen LogP contribution in [0.15, 0.2) is 24.3 Å². The van der Waals surface area contributed by atoms with Gasteiger partial charge in [0.05, 0.1) is 6.10 Å². The van der Waals surface area contributed by atoms with Crippen molar-refractivity contribution in [1.82, 2.24) is 5.32 Å². The molecular formula is C12H16FNO. The summed E-state index contributed by atoms with van der Waals surface area (Å²) in [5, 5.41) is 12.9. The maximum absolute atomic E-state index is 13.4. The first-order valence-corrected chi connectivity index (χ1v) is 5.39. The van der Waals surface area contributed by atoms with E-state index in [1.807, 2.05) is 6.07 Å². The normalized spacial score (nSPS) is 26.5. The minimum atomic E-state index is -0.349. The minimum Gasteiger partial charge on any atom is -0.392 e. The molecule has 2 rings (SSSR count). The highest BCUT2D eigenvalue weighted by atomic mass is 19.1. The molecule has 1 aliphatic rings. The zero-order valence-electron chi connectivity index (χ0n) is 8.62. The maximum atomic E-state index is 13.4. The third kappa shape index (κ3) is 2.55. The molecular weight excluding hydrogens is 193 g/mol. The Balaban J connectivity index is 2.04. The van der Waals surface area contributed by atoms with Crippen molar-refractivity contribution in [2.45, 2.75) is 18.9 Å². The van der Waals surface area contributed by atoms with Crippen LogP contribution in [0.4, 0.5) is 4.39 Å². The molecule has 15 heavy (non-hydrogen) atoms. The Labute approximate surface area is 89.1 Å². The molecule has 2 atom stereocenters. The van der Waals surface area contributed by atoms with Gasteiger partial charge >= 0.3 is 0 Å². The number of benzene rings is 1. The lowest BCUT2D eigenvalue weighted by Gasteiger charge is -2.28. The van der Waals surface area contributed by atoms with Crippen LogP contribution in [0.1, 0.15) is 12.0 Å². The quantitative estimate of drug-likeness (QED) is 0.770. The Morgan fingerprint density at radius 1 is 1.40 bits per heavy atom. The summed E-state index contributed by atoms with van der Waals surface area (Å²) >= 11 is 0. The highest BCUT2D eigenvalue weighted by Crippen LogP contribution is 2.20. The van der Waals surface area contributed by atoms with E-state index in [0.29, 0.717) is 18.5 Å². The predicted octanol–water partition coefficient (Wildman–Crippen LogP) is 1.34. The van der Waals surface area contributed by atoms with Crippen molar-refractivity contribution in [1.29, 1.82) is 0 Å². The molecule has 2 N–H and O–H groups in total. The first-order valence-electron chi connectivity index (χ1n) is 5.39. The van der Waals surface area contributed by atoms with E-state index in [0.717, 1.165) is 13.0 Å². The van der Waals surface area contributed by atoms with Crippen molar-refractivity contribution < 1.29 is 9.50 Å². The lowest BCUT2D eigenvalue weighted by atomic mass is 9.88. The van der Waals surface area contributed by atoms with Crippen molar-refractivity contribution in [3.05, 3.63) is 35.6 Å². The number of halogens is 1. The van der Waals surface area contributed by atoms with Gasteiger partial charge in [-0.1, -0.05) is 18.2 Å². The van der Waals surface area contributed by atoms with Gasteiger partial charge < -0.3 is 10.4 Å². The van der Waals surface area contributed by atoms with Gasteiger partial charge in [-0.05, 0) is 36.9 Å². The molecule has 0 aliphatic carbocycles. The van der Waals surface area contributed by atoms with Crippen LogP contribution >= 0.6 is 0 Å². The molecule has 3 heteroatoms. The van der Waals surface area contributed by atoms with Gasteiger partial charge in [0.25, 0.3) is 0 Å². The lowest BCUT2D eigenvalue weighted by Crippen LogP contribution is -2.41. The predicted molar refractivity (Wildman–Crippen MR) is 57.1 cm³/mol. The van der Waals surface area contributed by atoms with Gasteiger partial charge in [-0.2, -0.15) is 0 Å². The van der Waals surface area contributed by atoms with Crippen molar-refractivity contribution in [3.8, 4) is 0 Å². The second kappa shape index (κ2) is 4.73. The average molecular weight is 209 g/mol. The number of nitrogens with one attached hydrogen (secondary N) is 1. The van der Waals surface area contributed by atoms with E-state index in [4.69, 9.17) is 0 Å². The number of rotatable bonds is 2. The van der Waals surface area contributed by atoms with Crippen molar-refractivity contribution in [3.63, 3.8) is 0 Å². The highest BCUT2D eigenvalue weighted by Gasteiger charge is 2.23. The second-order valence-corrected chi connectivity index (χ2v) is 4.12. The maximum Gasteiger partial charge on any atom is 0.126 e. The zero-order chi connectivity index (χ0) is 10.7. The van der Waals surface area contributed by atoms with Crippen molar-refractivity contribution in [2.24, 2.45) is 5.92 Å². The average Bonchev–Trinajstić information content (AvgIpc) is 2.24. The molecule has 1 heterocycles. The zero-order valence-corrected chi connectivity index (χ0v) is 8.62. The SMILES string of the molecule is OC1CNCCC1Cc1ccccc1F. The van der Waals surface area contributed by atoms with Crippen molar-refractivity contribution >= 4 is 0 Å². The summed E-state index contributed by atoms with van der Waals surface area (Å²) in [5.74, 6) is 0.0198. The number of aliphatic hydroxyl groups is 1. The molecule has 0 spiro atoms. The number of hydrogen-bond acceptors (Lipinski definition) is 2. The van der Waals surface area contributed by atoms with E-state index in [9.17, 15) is 9.50 Å². The van der Waals surface area contributed by atoms with Crippen LogP contribution in [0.2, 0.25) is 0 Å². The summed E-state index contributed by atoms with van der Waals surface area (Å²) in [7, 11) is 0. The molecule has 1 saturated heterocycles. The number of piperidine rings is 1. The molecule has 1 aromatic carbocycles. The third-order valence-electron chi connectivity index (χ3n) is 3.03. The van der Waals surface area contributed by atoms with Gasteiger partial charge in [0.1, 0.15) is 5.82 Å². The molecule has 1 aliphatic heterocycles. The van der Waals surface area contributed by atoms with Crippen LogP contribution < -0.4 is 5.32 Å². The minimum absolute atomic E-state index is 0.164. The molecule has 0 aromatic heterocycles. The van der Waals surface area contributed by atoms with Crippen LogP contribution in [0, 0.1) is 11.7 Å². The van der Waals surface area contributed by atoms with Crippen LogP contribution in [-0.2, 0) is 6.42 Å². The summed E-state index contributed by atoms with van der Waals surface area (Å²) < 4.78 is 13.4. The summed E-state index contributed by atoms with van der Waals surface area (Å²) in [5.41, 5.74) is 0.712. The summed E-state index contributed by atoms with van der Waals surface area (Å²) in [6.45, 7) is 1.54. The van der Waals surface area contributed by atoms with Crippen LogP contribution in [0.3, 0.4) is 0 Å². The van der Waals surface area contributed by atoms with Gasteiger partial charge in [-0.25, -0.2) is 4.39 Å². The molecule has 0 amide bonds. The first kappa shape index (κ1) is 10.6. The second-order valence-electron chi connectivity index (χ2n) is 4.12. The Bertz CT molecular complexity index is 329. The molecule has 82 valence electrons. The molecule has 1 aromatic rings. The van der Waals surface area contributed by atoms with Gasteiger partial charge in [-0.3, -0.25) is 0 Å². The molecule has 2 unspecified atom stereocenters. The number of β-amino-alcohol motifs (C(OH)–C–C–N with tert-alkyl or cyclic N) is 1. The van der Waals surface area contributed by atoms with Gasteiger partial charge in [-0.15, -0.1) is 0 Å². The van der Waals surface area contributed by atoms with E-state index < -0.39 is 0 Å². The molecule has 1 fully saturated rings. The van der Waals surface area contributed by atoms with Crippen LogP contribution in [0.5, 0.6) is 0 Å². The van der Waals surface area contributed by atoms with E-state index >= 15 is 0 Å². The van der Waals surface area contributed by atoms with E-state index in [-0.39, 0.29) is 17.8 Å². The van der Waals surface area contributed by atoms with Gasteiger partial charge in [0.15, 0.2) is 0 Å².